The van der Waals surface area contributed by atoms with Crippen LogP contribution < -0.4 is 0 Å². The predicted octanol–water partition coefficient (Wildman–Crippen LogP) is 4.72. The van der Waals surface area contributed by atoms with E-state index in [4.69, 9.17) is 16.0 Å². The lowest BCUT2D eigenvalue weighted by Gasteiger charge is -1.96. The number of aryl methyl sites for hydroxylation is 1. The van der Waals surface area contributed by atoms with Crippen LogP contribution in [0.15, 0.2) is 40.8 Å². The van der Waals surface area contributed by atoms with E-state index >= 15 is 0 Å². The summed E-state index contributed by atoms with van der Waals surface area (Å²) in [6.07, 6.45) is 1.87. The van der Waals surface area contributed by atoms with Crippen LogP contribution in [0, 0.1) is 0 Å². The first kappa shape index (κ1) is 14.4. The number of rotatable bonds is 4. The fourth-order valence-corrected chi connectivity index (χ4v) is 3.30. The molecule has 0 spiro atoms. The summed E-state index contributed by atoms with van der Waals surface area (Å²) in [7, 11) is 0. The first-order valence-corrected chi connectivity index (χ1v) is 8.51. The second kappa shape index (κ2) is 5.79. The van der Waals surface area contributed by atoms with Gasteiger partial charge in [0.25, 0.3) is 0 Å². The summed E-state index contributed by atoms with van der Waals surface area (Å²) >= 11 is 7.39. The highest BCUT2D eigenvalue weighted by molar-refractivity contribution is 7.19. The Bertz CT molecular complexity index is 954. The lowest BCUT2D eigenvalue weighted by Crippen LogP contribution is -1.94. The van der Waals surface area contributed by atoms with Gasteiger partial charge >= 0.3 is 0 Å². The summed E-state index contributed by atoms with van der Waals surface area (Å²) in [4.78, 5) is 0.785. The molecule has 0 aliphatic rings. The fraction of sp³-hybridized carbons (Fsp3) is 0.188. The zero-order valence-electron chi connectivity index (χ0n) is 12.4. The smallest absolute Gasteiger partial charge is 0.235 e. The summed E-state index contributed by atoms with van der Waals surface area (Å²) in [5, 5.41) is 14.4. The summed E-state index contributed by atoms with van der Waals surface area (Å²) in [6.45, 7) is 2.11. The van der Waals surface area contributed by atoms with Crippen molar-refractivity contribution in [2.75, 3.05) is 0 Å². The predicted molar refractivity (Wildman–Crippen MR) is 90.8 cm³/mol. The molecule has 4 aromatic rings. The van der Waals surface area contributed by atoms with E-state index in [1.165, 1.54) is 11.3 Å². The summed E-state index contributed by atoms with van der Waals surface area (Å²) in [6, 6.07) is 11.4. The Morgan fingerprint density at radius 2 is 1.87 bits per heavy atom. The van der Waals surface area contributed by atoms with Crippen LogP contribution in [0.25, 0.3) is 27.1 Å². The minimum atomic E-state index is 0.706. The largest absolute Gasteiger partial charge is 0.454 e. The van der Waals surface area contributed by atoms with Crippen molar-refractivity contribution in [1.29, 1.82) is 0 Å². The van der Waals surface area contributed by atoms with Crippen molar-refractivity contribution in [3.05, 3.63) is 47.2 Å². The van der Waals surface area contributed by atoms with Crippen LogP contribution in [-0.4, -0.2) is 19.8 Å². The van der Waals surface area contributed by atoms with Crippen molar-refractivity contribution in [2.24, 2.45) is 0 Å². The topological polar surface area (TPSA) is 56.2 Å². The van der Waals surface area contributed by atoms with Gasteiger partial charge in [-0.15, -0.1) is 15.3 Å². The third-order valence-electron chi connectivity index (χ3n) is 3.47. The standard InChI is InChI=1S/C16H13ClN4OS/c1-2-3-14-18-19-16-21(14)20-15(23-16)13-9-8-12(22-13)10-4-6-11(17)7-5-10/h4-9H,2-3H2,1H3. The first-order chi connectivity index (χ1) is 11.2. The quantitative estimate of drug-likeness (QED) is 0.537. The number of halogens is 1. The monoisotopic (exact) mass is 344 g/mol. The minimum Gasteiger partial charge on any atom is -0.454 e. The van der Waals surface area contributed by atoms with Crippen LogP contribution in [-0.2, 0) is 6.42 Å². The van der Waals surface area contributed by atoms with E-state index in [9.17, 15) is 0 Å². The molecular formula is C16H13ClN4OS. The molecule has 3 heterocycles. The molecule has 0 saturated heterocycles. The molecular weight excluding hydrogens is 332 g/mol. The first-order valence-electron chi connectivity index (χ1n) is 7.32. The van der Waals surface area contributed by atoms with E-state index in [1.807, 2.05) is 36.4 Å². The van der Waals surface area contributed by atoms with Crippen LogP contribution in [0.5, 0.6) is 0 Å². The maximum Gasteiger partial charge on any atom is 0.235 e. The normalized spacial score (nSPS) is 11.4. The zero-order chi connectivity index (χ0) is 15.8. The summed E-state index contributed by atoms with van der Waals surface area (Å²) in [5.41, 5.74) is 0.982. The van der Waals surface area contributed by atoms with Crippen molar-refractivity contribution in [3.8, 4) is 22.1 Å². The van der Waals surface area contributed by atoms with Gasteiger partial charge in [-0.25, -0.2) is 0 Å². The Morgan fingerprint density at radius 1 is 1.09 bits per heavy atom. The molecule has 0 saturated carbocycles. The van der Waals surface area contributed by atoms with Gasteiger partial charge in [0.15, 0.2) is 16.6 Å². The van der Waals surface area contributed by atoms with Gasteiger partial charge in [-0.05, 0) is 42.8 Å². The third kappa shape index (κ3) is 2.64. The van der Waals surface area contributed by atoms with Gasteiger partial charge < -0.3 is 4.42 Å². The SMILES string of the molecule is CCCc1nnc2sc(-c3ccc(-c4ccc(Cl)cc4)o3)nn12. The maximum atomic E-state index is 5.94. The van der Waals surface area contributed by atoms with Gasteiger partial charge in [-0.3, -0.25) is 0 Å². The molecule has 3 aromatic heterocycles. The van der Waals surface area contributed by atoms with E-state index in [-0.39, 0.29) is 0 Å². The van der Waals surface area contributed by atoms with Crippen LogP contribution in [0.3, 0.4) is 0 Å². The third-order valence-corrected chi connectivity index (χ3v) is 4.64. The van der Waals surface area contributed by atoms with Gasteiger partial charge in [0.05, 0.1) is 0 Å². The number of nitrogens with zero attached hydrogens (tertiary/aromatic N) is 4. The van der Waals surface area contributed by atoms with Crippen LogP contribution >= 0.6 is 22.9 Å². The molecule has 0 aliphatic carbocycles. The Kier molecular flexibility index (Phi) is 3.63. The molecule has 4 rings (SSSR count). The lowest BCUT2D eigenvalue weighted by molar-refractivity contribution is 0.595. The molecule has 0 fully saturated rings. The van der Waals surface area contributed by atoms with Gasteiger partial charge in [0.2, 0.25) is 4.96 Å². The second-order valence-electron chi connectivity index (χ2n) is 5.14. The van der Waals surface area contributed by atoms with E-state index in [2.05, 4.69) is 22.2 Å². The van der Waals surface area contributed by atoms with Crippen LogP contribution in [0.1, 0.15) is 19.2 Å². The Labute approximate surface area is 141 Å². The molecule has 5 nitrogen and oxygen atoms in total. The van der Waals surface area contributed by atoms with Crippen LogP contribution in [0.4, 0.5) is 0 Å². The molecule has 0 N–H and O–H groups in total. The average Bonchev–Trinajstić information content (AvgIpc) is 3.24. The highest BCUT2D eigenvalue weighted by Crippen LogP contribution is 2.31. The van der Waals surface area contributed by atoms with Gasteiger partial charge in [0.1, 0.15) is 5.76 Å². The molecule has 0 radical (unpaired) electrons. The Balaban J connectivity index is 1.69. The number of hydrogen-bond donors (Lipinski definition) is 0. The van der Waals surface area contributed by atoms with Crippen molar-refractivity contribution >= 4 is 27.9 Å². The van der Waals surface area contributed by atoms with E-state index < -0.39 is 0 Å². The second-order valence-corrected chi connectivity index (χ2v) is 6.53. The molecule has 0 atom stereocenters. The average molecular weight is 345 g/mol. The number of fused-ring (bicyclic) bond motifs is 1. The number of hydrogen-bond acceptors (Lipinski definition) is 5. The van der Waals surface area contributed by atoms with Crippen molar-refractivity contribution in [3.63, 3.8) is 0 Å². The fourth-order valence-electron chi connectivity index (χ4n) is 2.36. The van der Waals surface area contributed by atoms with Gasteiger partial charge in [0, 0.05) is 17.0 Å². The Morgan fingerprint density at radius 3 is 2.65 bits per heavy atom. The van der Waals surface area contributed by atoms with Crippen molar-refractivity contribution in [2.45, 2.75) is 19.8 Å². The summed E-state index contributed by atoms with van der Waals surface area (Å²) < 4.78 is 7.74. The number of aromatic nitrogens is 4. The molecule has 0 unspecified atom stereocenters. The molecule has 23 heavy (non-hydrogen) atoms. The van der Waals surface area contributed by atoms with E-state index in [1.54, 1.807) is 4.52 Å². The molecule has 1 aromatic carbocycles. The number of benzene rings is 1. The molecule has 116 valence electrons. The van der Waals surface area contributed by atoms with Gasteiger partial charge in [-0.1, -0.05) is 29.9 Å². The van der Waals surface area contributed by atoms with Crippen molar-refractivity contribution < 1.29 is 4.42 Å². The molecule has 7 heteroatoms. The minimum absolute atomic E-state index is 0.706. The highest BCUT2D eigenvalue weighted by Gasteiger charge is 2.15. The molecule has 0 aliphatic heterocycles. The Hall–Kier alpha value is -2.18. The lowest BCUT2D eigenvalue weighted by atomic mass is 10.2. The molecule has 0 bridgehead atoms. The van der Waals surface area contributed by atoms with Gasteiger partial charge in [-0.2, -0.15) is 4.52 Å². The zero-order valence-corrected chi connectivity index (χ0v) is 13.9. The maximum absolute atomic E-state index is 5.94. The summed E-state index contributed by atoms with van der Waals surface area (Å²) in [5.74, 6) is 2.40. The van der Waals surface area contributed by atoms with E-state index in [0.717, 1.165) is 45.7 Å². The van der Waals surface area contributed by atoms with Crippen molar-refractivity contribution in [1.82, 2.24) is 19.8 Å². The molecule has 0 amide bonds. The van der Waals surface area contributed by atoms with E-state index in [0.29, 0.717) is 5.02 Å². The highest BCUT2D eigenvalue weighted by atomic mass is 35.5. The number of furan rings is 1. The van der Waals surface area contributed by atoms with Crippen LogP contribution in [0.2, 0.25) is 5.02 Å².